The SMILES string of the molecule is CCC(OCc1ccc(F)cc1)C(N)C(=O)NCC1=C(c2ccc(S(C)(=O)=O)cc2)S(=O)(=O)NC12CCCCC2. The molecule has 0 aromatic heterocycles. The van der Waals surface area contributed by atoms with Gasteiger partial charge in [0.2, 0.25) is 15.9 Å². The summed E-state index contributed by atoms with van der Waals surface area (Å²) in [5.41, 5.74) is 7.07. The standard InChI is InChI=1S/C28H36FN3O6S2/c1-3-24(38-18-19-7-11-21(29)12-8-19)25(30)27(33)31-17-23-26(20-9-13-22(14-10-20)39(2,34)35)40(36,37)32-28(23)15-5-4-6-16-28/h7-14,24-25,32H,3-6,15-18,30H2,1-2H3,(H,31,33). The Morgan fingerprint density at radius 2 is 1.73 bits per heavy atom. The summed E-state index contributed by atoms with van der Waals surface area (Å²) < 4.78 is 72.7. The zero-order chi connectivity index (χ0) is 29.1. The van der Waals surface area contributed by atoms with Crippen LogP contribution in [0, 0.1) is 5.82 Å². The molecule has 2 aromatic rings. The van der Waals surface area contributed by atoms with Crippen LogP contribution in [0.2, 0.25) is 0 Å². The van der Waals surface area contributed by atoms with Crippen LogP contribution in [0.15, 0.2) is 59.0 Å². The Balaban J connectivity index is 1.57. The lowest BCUT2D eigenvalue weighted by molar-refractivity contribution is -0.126. The molecule has 40 heavy (non-hydrogen) atoms. The highest BCUT2D eigenvalue weighted by molar-refractivity contribution is 7.99. The third kappa shape index (κ3) is 6.63. The van der Waals surface area contributed by atoms with E-state index in [1.807, 2.05) is 6.92 Å². The molecule has 2 atom stereocenters. The highest BCUT2D eigenvalue weighted by Gasteiger charge is 2.49. The molecule has 0 bridgehead atoms. The van der Waals surface area contributed by atoms with Gasteiger partial charge in [-0.25, -0.2) is 25.9 Å². The molecule has 1 saturated carbocycles. The highest BCUT2D eigenvalue weighted by atomic mass is 32.2. The molecule has 1 spiro atoms. The highest BCUT2D eigenvalue weighted by Crippen LogP contribution is 2.45. The Labute approximate surface area is 235 Å². The first kappa shape index (κ1) is 30.3. The first-order valence-corrected chi connectivity index (χ1v) is 16.7. The van der Waals surface area contributed by atoms with Crippen molar-refractivity contribution in [3.8, 4) is 0 Å². The summed E-state index contributed by atoms with van der Waals surface area (Å²) in [7, 11) is -7.39. The number of sulfone groups is 1. The van der Waals surface area contributed by atoms with Gasteiger partial charge < -0.3 is 15.8 Å². The minimum atomic E-state index is -3.93. The van der Waals surface area contributed by atoms with Crippen molar-refractivity contribution in [1.29, 1.82) is 0 Å². The van der Waals surface area contributed by atoms with Crippen LogP contribution in [0.25, 0.3) is 4.91 Å². The van der Waals surface area contributed by atoms with Crippen molar-refractivity contribution < 1.29 is 30.8 Å². The largest absolute Gasteiger partial charge is 0.371 e. The lowest BCUT2D eigenvalue weighted by atomic mass is 9.76. The number of carbonyl (C=O) groups excluding carboxylic acids is 1. The lowest BCUT2D eigenvalue weighted by Gasteiger charge is -2.35. The van der Waals surface area contributed by atoms with E-state index < -0.39 is 43.5 Å². The molecule has 1 heterocycles. The van der Waals surface area contributed by atoms with Crippen molar-refractivity contribution in [2.45, 2.75) is 74.6 Å². The van der Waals surface area contributed by atoms with Crippen LogP contribution >= 0.6 is 0 Å². The normalized spacial score (nSPS) is 19.9. The predicted octanol–water partition coefficient (Wildman–Crippen LogP) is 3.02. The van der Waals surface area contributed by atoms with Crippen molar-refractivity contribution >= 4 is 30.7 Å². The Kier molecular flexibility index (Phi) is 9.15. The van der Waals surface area contributed by atoms with Gasteiger partial charge >= 0.3 is 0 Å². The first-order valence-electron chi connectivity index (χ1n) is 13.3. The maximum atomic E-state index is 13.4. The van der Waals surface area contributed by atoms with Crippen molar-refractivity contribution in [3.63, 3.8) is 0 Å². The molecule has 4 N–H and O–H groups in total. The molecule has 2 aliphatic rings. The quantitative estimate of drug-likeness (QED) is 0.384. The minimum absolute atomic E-state index is 0.0453. The smallest absolute Gasteiger partial charge is 0.242 e. The molecule has 2 unspecified atom stereocenters. The van der Waals surface area contributed by atoms with E-state index in [9.17, 15) is 26.0 Å². The summed E-state index contributed by atoms with van der Waals surface area (Å²) in [4.78, 5) is 13.3. The number of amides is 1. The number of hydrogen-bond donors (Lipinski definition) is 3. The molecule has 1 amide bonds. The topological polar surface area (TPSA) is 145 Å². The fourth-order valence-corrected chi connectivity index (χ4v) is 8.07. The van der Waals surface area contributed by atoms with Crippen LogP contribution in [0.3, 0.4) is 0 Å². The van der Waals surface area contributed by atoms with Crippen LogP contribution in [0.1, 0.15) is 56.6 Å². The fourth-order valence-electron chi connectivity index (χ4n) is 5.46. The Bertz CT molecular complexity index is 1470. The molecule has 1 aliphatic heterocycles. The summed E-state index contributed by atoms with van der Waals surface area (Å²) in [6.07, 6.45) is 4.75. The number of sulfonamides is 1. The van der Waals surface area contributed by atoms with Gasteiger partial charge in [-0.1, -0.05) is 50.5 Å². The van der Waals surface area contributed by atoms with E-state index in [1.54, 1.807) is 12.1 Å². The Morgan fingerprint density at radius 3 is 2.30 bits per heavy atom. The first-order chi connectivity index (χ1) is 18.9. The second kappa shape index (κ2) is 12.1. The lowest BCUT2D eigenvalue weighted by Crippen LogP contribution is -2.52. The molecule has 1 aliphatic carbocycles. The summed E-state index contributed by atoms with van der Waals surface area (Å²) in [6.45, 7) is 1.95. The van der Waals surface area contributed by atoms with E-state index in [4.69, 9.17) is 10.5 Å². The second-order valence-corrected chi connectivity index (χ2v) is 14.1. The molecular weight excluding hydrogens is 557 g/mol. The summed E-state index contributed by atoms with van der Waals surface area (Å²) in [5.74, 6) is -0.841. The number of nitrogens with one attached hydrogen (secondary N) is 2. The third-order valence-corrected chi connectivity index (χ3v) is 10.4. The van der Waals surface area contributed by atoms with Crippen LogP contribution in [-0.2, 0) is 36.0 Å². The number of ether oxygens (including phenoxy) is 1. The van der Waals surface area contributed by atoms with Crippen LogP contribution in [-0.4, -0.2) is 53.2 Å². The Hall–Kier alpha value is -2.64. The van der Waals surface area contributed by atoms with Gasteiger partial charge in [0.1, 0.15) is 11.9 Å². The number of hydrogen-bond acceptors (Lipinski definition) is 7. The maximum Gasteiger partial charge on any atom is 0.242 e. The predicted molar refractivity (Wildman–Crippen MR) is 151 cm³/mol. The number of carbonyl (C=O) groups is 1. The van der Waals surface area contributed by atoms with Crippen molar-refractivity contribution in [2.24, 2.45) is 5.73 Å². The fraction of sp³-hybridized carbons (Fsp3) is 0.464. The van der Waals surface area contributed by atoms with Crippen LogP contribution in [0.5, 0.6) is 0 Å². The van der Waals surface area contributed by atoms with E-state index in [0.717, 1.165) is 31.1 Å². The van der Waals surface area contributed by atoms with Crippen LogP contribution < -0.4 is 15.8 Å². The zero-order valence-electron chi connectivity index (χ0n) is 22.7. The molecule has 4 rings (SSSR count). The Morgan fingerprint density at radius 1 is 1.10 bits per heavy atom. The van der Waals surface area contributed by atoms with Gasteiger partial charge in [-0.3, -0.25) is 4.79 Å². The summed E-state index contributed by atoms with van der Waals surface area (Å²) >= 11 is 0. The third-order valence-electron chi connectivity index (χ3n) is 7.62. The summed E-state index contributed by atoms with van der Waals surface area (Å²) in [5, 5.41) is 2.84. The van der Waals surface area contributed by atoms with Gasteiger partial charge in [0, 0.05) is 12.8 Å². The van der Waals surface area contributed by atoms with Gasteiger partial charge in [-0.2, -0.15) is 0 Å². The van der Waals surface area contributed by atoms with Gasteiger partial charge in [0.25, 0.3) is 0 Å². The van der Waals surface area contributed by atoms with Crippen LogP contribution in [0.4, 0.5) is 4.39 Å². The average Bonchev–Trinajstić information content (AvgIpc) is 3.13. The number of halogens is 1. The molecule has 0 radical (unpaired) electrons. The number of rotatable bonds is 10. The van der Waals surface area contributed by atoms with Gasteiger partial charge in [0.15, 0.2) is 9.84 Å². The van der Waals surface area contributed by atoms with Gasteiger partial charge in [-0.05, 0) is 60.2 Å². The van der Waals surface area contributed by atoms with Crippen molar-refractivity contribution in [3.05, 3.63) is 71.0 Å². The molecular formula is C28H36FN3O6S2. The van der Waals surface area contributed by atoms with Gasteiger partial charge in [0.05, 0.1) is 28.1 Å². The van der Waals surface area contributed by atoms with Crippen molar-refractivity contribution in [1.82, 2.24) is 10.0 Å². The minimum Gasteiger partial charge on any atom is -0.371 e. The second-order valence-electron chi connectivity index (χ2n) is 10.5. The van der Waals surface area contributed by atoms with E-state index in [0.29, 0.717) is 30.4 Å². The van der Waals surface area contributed by atoms with Crippen molar-refractivity contribution in [2.75, 3.05) is 12.8 Å². The maximum absolute atomic E-state index is 13.4. The monoisotopic (exact) mass is 593 g/mol. The summed E-state index contributed by atoms with van der Waals surface area (Å²) in [6, 6.07) is 10.6. The molecule has 9 nitrogen and oxygen atoms in total. The van der Waals surface area contributed by atoms with E-state index in [-0.39, 0.29) is 28.8 Å². The average molecular weight is 594 g/mol. The van der Waals surface area contributed by atoms with E-state index >= 15 is 0 Å². The van der Waals surface area contributed by atoms with E-state index in [2.05, 4.69) is 10.0 Å². The molecule has 12 heteroatoms. The molecule has 1 fully saturated rings. The molecule has 218 valence electrons. The number of benzene rings is 2. The van der Waals surface area contributed by atoms with E-state index in [1.165, 1.54) is 36.4 Å². The zero-order valence-corrected chi connectivity index (χ0v) is 24.3. The van der Waals surface area contributed by atoms with Gasteiger partial charge in [-0.15, -0.1) is 0 Å². The molecule has 2 aromatic carbocycles. The number of nitrogens with two attached hydrogens (primary N) is 1. The molecule has 0 saturated heterocycles.